The van der Waals surface area contributed by atoms with Crippen LogP contribution in [-0.4, -0.2) is 34.4 Å². The maximum Gasteiger partial charge on any atom is 0.263 e. The molecule has 1 aromatic carbocycles. The summed E-state index contributed by atoms with van der Waals surface area (Å²) in [5.74, 6) is -1.24. The van der Waals surface area contributed by atoms with E-state index in [4.69, 9.17) is 11.6 Å². The summed E-state index contributed by atoms with van der Waals surface area (Å²) in [5, 5.41) is 2.72. The summed E-state index contributed by atoms with van der Waals surface area (Å²) in [7, 11) is 1.57. The third-order valence-corrected chi connectivity index (χ3v) is 4.89. The second-order valence-electron chi connectivity index (χ2n) is 6.38. The van der Waals surface area contributed by atoms with Crippen molar-refractivity contribution in [2.75, 3.05) is 13.1 Å². The van der Waals surface area contributed by atoms with Crippen LogP contribution in [0.25, 0.3) is 0 Å². The lowest BCUT2D eigenvalue weighted by Gasteiger charge is -2.30. The Balaban J connectivity index is 1.96. The molecule has 0 fully saturated rings. The van der Waals surface area contributed by atoms with Gasteiger partial charge in [0.2, 0.25) is 0 Å². The third kappa shape index (κ3) is 3.60. The Morgan fingerprint density at radius 3 is 2.74 bits per heavy atom. The van der Waals surface area contributed by atoms with Gasteiger partial charge in [-0.15, -0.1) is 0 Å². The molecule has 0 spiro atoms. The van der Waals surface area contributed by atoms with E-state index >= 15 is 0 Å². The van der Waals surface area contributed by atoms with Gasteiger partial charge < -0.3 is 14.8 Å². The van der Waals surface area contributed by atoms with Gasteiger partial charge in [-0.2, -0.15) is 0 Å². The van der Waals surface area contributed by atoms with E-state index in [9.17, 15) is 18.8 Å². The van der Waals surface area contributed by atoms with E-state index in [1.165, 1.54) is 16.7 Å². The van der Waals surface area contributed by atoms with Crippen molar-refractivity contribution in [3.05, 3.63) is 67.8 Å². The Hall–Kier alpha value is -2.67. The molecule has 0 saturated heterocycles. The predicted octanol–water partition coefficient (Wildman–Crippen LogP) is 2.13. The average Bonchev–Trinajstić information content (AvgIpc) is 2.62. The zero-order valence-corrected chi connectivity index (χ0v) is 15.8. The summed E-state index contributed by atoms with van der Waals surface area (Å²) in [6, 6.07) is 3.65. The van der Waals surface area contributed by atoms with Crippen molar-refractivity contribution in [3.63, 3.8) is 0 Å². The molecule has 2 amide bonds. The summed E-state index contributed by atoms with van der Waals surface area (Å²) in [6.45, 7) is 2.77. The van der Waals surface area contributed by atoms with Gasteiger partial charge in [0.25, 0.3) is 17.4 Å². The first-order valence-corrected chi connectivity index (χ1v) is 8.95. The molecule has 0 radical (unpaired) electrons. The maximum atomic E-state index is 13.2. The second kappa shape index (κ2) is 7.52. The van der Waals surface area contributed by atoms with Crippen LogP contribution in [0.5, 0.6) is 0 Å². The van der Waals surface area contributed by atoms with Gasteiger partial charge in [-0.25, -0.2) is 4.39 Å². The van der Waals surface area contributed by atoms with Crippen LogP contribution in [0.15, 0.2) is 29.2 Å². The van der Waals surface area contributed by atoms with Gasteiger partial charge in [0.1, 0.15) is 11.4 Å². The van der Waals surface area contributed by atoms with Crippen LogP contribution in [0.1, 0.15) is 38.8 Å². The van der Waals surface area contributed by atoms with Crippen molar-refractivity contribution in [1.29, 1.82) is 0 Å². The number of pyridine rings is 1. The largest absolute Gasteiger partial charge is 0.352 e. The number of amides is 2. The maximum absolute atomic E-state index is 13.2. The highest BCUT2D eigenvalue weighted by Crippen LogP contribution is 2.25. The number of carbonyl (C=O) groups is 2. The molecule has 3 rings (SSSR count). The zero-order chi connectivity index (χ0) is 19.7. The molecule has 142 valence electrons. The van der Waals surface area contributed by atoms with Crippen LogP contribution in [0, 0.1) is 5.82 Å². The first-order valence-electron chi connectivity index (χ1n) is 8.57. The molecule has 0 atom stereocenters. The fraction of sp³-hybridized carbons (Fsp3) is 0.316. The van der Waals surface area contributed by atoms with E-state index < -0.39 is 11.7 Å². The van der Waals surface area contributed by atoms with Gasteiger partial charge in [0, 0.05) is 32.9 Å². The van der Waals surface area contributed by atoms with Gasteiger partial charge in [0.15, 0.2) is 0 Å². The number of rotatable bonds is 3. The molecule has 27 heavy (non-hydrogen) atoms. The first-order chi connectivity index (χ1) is 12.8. The molecule has 2 aromatic rings. The molecular formula is C19H19ClFN3O3. The van der Waals surface area contributed by atoms with Gasteiger partial charge in [-0.05, 0) is 42.7 Å². The molecule has 8 heteroatoms. The third-order valence-electron chi connectivity index (χ3n) is 4.58. The average molecular weight is 392 g/mol. The number of hydrogen-bond acceptors (Lipinski definition) is 3. The van der Waals surface area contributed by atoms with E-state index in [-0.39, 0.29) is 34.2 Å². The Bertz CT molecular complexity index is 987. The van der Waals surface area contributed by atoms with Gasteiger partial charge >= 0.3 is 0 Å². The summed E-state index contributed by atoms with van der Waals surface area (Å²) in [4.78, 5) is 39.1. The van der Waals surface area contributed by atoms with Crippen molar-refractivity contribution in [1.82, 2.24) is 14.8 Å². The molecular weight excluding hydrogens is 373 g/mol. The number of aryl methyl sites for hydroxylation is 1. The quantitative estimate of drug-likeness (QED) is 0.871. The van der Waals surface area contributed by atoms with Crippen LogP contribution in [-0.2, 0) is 20.0 Å². The van der Waals surface area contributed by atoms with Crippen molar-refractivity contribution < 1.29 is 14.0 Å². The van der Waals surface area contributed by atoms with Crippen LogP contribution < -0.4 is 10.9 Å². The SMILES string of the molecule is CCNC(=O)c1c2c(cn(C)c1=O)CN(C(=O)c1ccc(F)cc1Cl)CC2. The molecule has 0 bridgehead atoms. The molecule has 0 saturated carbocycles. The summed E-state index contributed by atoms with van der Waals surface area (Å²) < 4.78 is 14.6. The number of nitrogens with zero attached hydrogens (tertiary/aromatic N) is 2. The van der Waals surface area contributed by atoms with Gasteiger partial charge in [0.05, 0.1) is 10.6 Å². The van der Waals surface area contributed by atoms with Crippen molar-refractivity contribution in [2.45, 2.75) is 19.9 Å². The topological polar surface area (TPSA) is 71.4 Å². The van der Waals surface area contributed by atoms with E-state index in [1.807, 2.05) is 0 Å². The van der Waals surface area contributed by atoms with Gasteiger partial charge in [-0.1, -0.05) is 11.6 Å². The number of aromatic nitrogens is 1. The van der Waals surface area contributed by atoms with E-state index in [2.05, 4.69) is 5.32 Å². The van der Waals surface area contributed by atoms with Crippen molar-refractivity contribution in [2.24, 2.45) is 7.05 Å². The van der Waals surface area contributed by atoms with E-state index in [0.717, 1.165) is 11.6 Å². The molecule has 2 heterocycles. The lowest BCUT2D eigenvalue weighted by molar-refractivity contribution is 0.0734. The molecule has 0 unspecified atom stereocenters. The number of benzene rings is 1. The van der Waals surface area contributed by atoms with Crippen molar-refractivity contribution >= 4 is 23.4 Å². The zero-order valence-electron chi connectivity index (χ0n) is 15.0. The fourth-order valence-corrected chi connectivity index (χ4v) is 3.53. The predicted molar refractivity (Wildman–Crippen MR) is 99.5 cm³/mol. The Labute approximate surface area is 160 Å². The molecule has 0 aliphatic carbocycles. The van der Waals surface area contributed by atoms with Crippen molar-refractivity contribution in [3.8, 4) is 0 Å². The normalized spacial score (nSPS) is 13.3. The number of hydrogen-bond donors (Lipinski definition) is 1. The minimum atomic E-state index is -0.512. The summed E-state index contributed by atoms with van der Waals surface area (Å²) in [5.41, 5.74) is 1.38. The standard InChI is InChI=1S/C19H19ClFN3O3/c1-3-22-17(25)16-13-6-7-24(10-11(13)9-23(2)19(16)27)18(26)14-5-4-12(21)8-15(14)20/h4-5,8-9H,3,6-7,10H2,1-2H3,(H,22,25). The Kier molecular flexibility index (Phi) is 5.32. The minimum Gasteiger partial charge on any atom is -0.352 e. The summed E-state index contributed by atoms with van der Waals surface area (Å²) in [6.07, 6.45) is 2.02. The van der Waals surface area contributed by atoms with Crippen LogP contribution >= 0.6 is 11.6 Å². The molecule has 6 nitrogen and oxygen atoms in total. The Morgan fingerprint density at radius 1 is 1.33 bits per heavy atom. The highest BCUT2D eigenvalue weighted by atomic mass is 35.5. The van der Waals surface area contributed by atoms with Crippen LogP contribution in [0.2, 0.25) is 5.02 Å². The lowest BCUT2D eigenvalue weighted by atomic mass is 9.95. The summed E-state index contributed by atoms with van der Waals surface area (Å²) >= 11 is 6.01. The van der Waals surface area contributed by atoms with E-state index in [0.29, 0.717) is 25.1 Å². The lowest BCUT2D eigenvalue weighted by Crippen LogP contribution is -2.41. The number of fused-ring (bicyclic) bond motifs is 1. The highest BCUT2D eigenvalue weighted by Gasteiger charge is 2.28. The Morgan fingerprint density at radius 2 is 2.07 bits per heavy atom. The highest BCUT2D eigenvalue weighted by molar-refractivity contribution is 6.33. The first kappa shape index (κ1) is 19.1. The van der Waals surface area contributed by atoms with Crippen LogP contribution in [0.4, 0.5) is 4.39 Å². The van der Waals surface area contributed by atoms with E-state index in [1.54, 1.807) is 25.1 Å². The number of carbonyl (C=O) groups excluding carboxylic acids is 2. The monoisotopic (exact) mass is 391 g/mol. The molecule has 1 aromatic heterocycles. The van der Waals surface area contributed by atoms with Crippen LogP contribution in [0.3, 0.4) is 0 Å². The fourth-order valence-electron chi connectivity index (χ4n) is 3.28. The van der Waals surface area contributed by atoms with Gasteiger partial charge in [-0.3, -0.25) is 14.4 Å². The minimum absolute atomic E-state index is 0.0503. The molecule has 1 aliphatic heterocycles. The number of halogens is 2. The second-order valence-corrected chi connectivity index (χ2v) is 6.79. The molecule has 1 N–H and O–H groups in total. The smallest absolute Gasteiger partial charge is 0.263 e. The number of nitrogens with one attached hydrogen (secondary N) is 1. The molecule has 1 aliphatic rings.